The van der Waals surface area contributed by atoms with Crippen LogP contribution in [0.3, 0.4) is 0 Å². The zero-order valence-corrected chi connectivity index (χ0v) is 17.5. The van der Waals surface area contributed by atoms with Gasteiger partial charge in [-0.2, -0.15) is 0 Å². The van der Waals surface area contributed by atoms with Gasteiger partial charge < -0.3 is 20.1 Å². The van der Waals surface area contributed by atoms with Crippen molar-refractivity contribution in [1.29, 1.82) is 0 Å². The van der Waals surface area contributed by atoms with Crippen molar-refractivity contribution in [1.82, 2.24) is 20.3 Å². The number of carbonyl (C=O) groups excluding carboxylic acids is 2. The fourth-order valence-corrected chi connectivity index (χ4v) is 2.89. The van der Waals surface area contributed by atoms with E-state index in [1.165, 1.54) is 18.0 Å². The number of ether oxygens (including phenoxy) is 2. The van der Waals surface area contributed by atoms with Gasteiger partial charge in [0.05, 0.1) is 32.6 Å². The minimum Gasteiger partial charge on any atom is -0.497 e. The number of rotatable bonds is 10. The Morgan fingerprint density at radius 1 is 1.03 bits per heavy atom. The third-order valence-electron chi connectivity index (χ3n) is 4.59. The van der Waals surface area contributed by atoms with Crippen LogP contribution in [0, 0.1) is 0 Å². The fourth-order valence-electron chi connectivity index (χ4n) is 2.89. The van der Waals surface area contributed by atoms with Crippen LogP contribution < -0.4 is 20.1 Å². The second kappa shape index (κ2) is 10.8. The highest BCUT2D eigenvalue weighted by molar-refractivity contribution is 6.03. The number of aryl methyl sites for hydroxylation is 1. The van der Waals surface area contributed by atoms with E-state index >= 15 is 0 Å². The van der Waals surface area contributed by atoms with Gasteiger partial charge in [-0.1, -0.05) is 29.5 Å². The Morgan fingerprint density at radius 3 is 2.55 bits per heavy atom. The molecule has 162 valence electrons. The number of methoxy groups -OCH3 is 2. The van der Waals surface area contributed by atoms with Gasteiger partial charge >= 0.3 is 0 Å². The van der Waals surface area contributed by atoms with E-state index < -0.39 is 0 Å². The number of amides is 2. The third-order valence-corrected chi connectivity index (χ3v) is 4.59. The topological polar surface area (TPSA) is 107 Å². The van der Waals surface area contributed by atoms with Crippen molar-refractivity contribution in [2.75, 3.05) is 26.1 Å². The van der Waals surface area contributed by atoms with E-state index in [4.69, 9.17) is 9.47 Å². The predicted molar refractivity (Wildman–Crippen MR) is 115 cm³/mol. The van der Waals surface area contributed by atoms with Gasteiger partial charge in [-0.25, -0.2) is 4.68 Å². The molecule has 0 radical (unpaired) electrons. The lowest BCUT2D eigenvalue weighted by Gasteiger charge is -2.08. The van der Waals surface area contributed by atoms with Crippen LogP contribution in [-0.2, 0) is 17.8 Å². The van der Waals surface area contributed by atoms with E-state index in [0.717, 1.165) is 11.3 Å². The van der Waals surface area contributed by atoms with Crippen LogP contribution in [0.2, 0.25) is 0 Å². The molecule has 9 heteroatoms. The number of carbonyl (C=O) groups is 2. The molecule has 9 nitrogen and oxygen atoms in total. The maximum atomic E-state index is 12.4. The molecule has 1 aromatic heterocycles. The second-order valence-electron chi connectivity index (χ2n) is 6.72. The van der Waals surface area contributed by atoms with E-state index in [9.17, 15) is 9.59 Å². The molecule has 2 amide bonds. The van der Waals surface area contributed by atoms with Crippen LogP contribution in [0.25, 0.3) is 0 Å². The highest BCUT2D eigenvalue weighted by Gasteiger charge is 2.13. The van der Waals surface area contributed by atoms with E-state index in [1.54, 1.807) is 25.3 Å². The van der Waals surface area contributed by atoms with Gasteiger partial charge in [0.15, 0.2) is 5.69 Å². The van der Waals surface area contributed by atoms with E-state index in [1.807, 2.05) is 30.3 Å². The summed E-state index contributed by atoms with van der Waals surface area (Å²) >= 11 is 0. The lowest BCUT2D eigenvalue weighted by atomic mass is 10.1. The van der Waals surface area contributed by atoms with Crippen LogP contribution in [0.15, 0.2) is 54.7 Å². The molecule has 0 bridgehead atoms. The molecule has 0 spiro atoms. The lowest BCUT2D eigenvalue weighted by Crippen LogP contribution is -2.27. The maximum Gasteiger partial charge on any atom is 0.277 e. The predicted octanol–water partition coefficient (Wildman–Crippen LogP) is 2.30. The third kappa shape index (κ3) is 6.30. The Balaban J connectivity index is 1.42. The highest BCUT2D eigenvalue weighted by Crippen LogP contribution is 2.23. The number of hydrogen-bond acceptors (Lipinski definition) is 6. The molecule has 0 saturated carbocycles. The Kier molecular flexibility index (Phi) is 7.58. The number of hydrogen-bond donors (Lipinski definition) is 2. The van der Waals surface area contributed by atoms with E-state index in [-0.39, 0.29) is 17.5 Å². The molecule has 0 saturated heterocycles. The summed E-state index contributed by atoms with van der Waals surface area (Å²) in [5.74, 6) is 0.905. The molecule has 0 aliphatic rings. The molecule has 3 aromatic rings. The largest absolute Gasteiger partial charge is 0.497 e. The summed E-state index contributed by atoms with van der Waals surface area (Å²) in [4.78, 5) is 24.4. The summed E-state index contributed by atoms with van der Waals surface area (Å²) in [6, 6.07) is 14.7. The van der Waals surface area contributed by atoms with Crippen molar-refractivity contribution in [3.63, 3.8) is 0 Å². The number of aromatic nitrogens is 3. The fraction of sp³-hybridized carbons (Fsp3) is 0.273. The van der Waals surface area contributed by atoms with Crippen molar-refractivity contribution in [3.05, 3.63) is 66.0 Å². The monoisotopic (exact) mass is 423 g/mol. The summed E-state index contributed by atoms with van der Waals surface area (Å²) < 4.78 is 11.9. The molecule has 0 fully saturated rings. The van der Waals surface area contributed by atoms with Gasteiger partial charge in [-0.15, -0.1) is 5.10 Å². The molecule has 0 aliphatic carbocycles. The molecule has 31 heavy (non-hydrogen) atoms. The van der Waals surface area contributed by atoms with Crippen molar-refractivity contribution in [3.8, 4) is 11.5 Å². The van der Waals surface area contributed by atoms with Crippen LogP contribution in [0.5, 0.6) is 11.5 Å². The average Bonchev–Trinajstić information content (AvgIpc) is 3.27. The zero-order valence-electron chi connectivity index (χ0n) is 17.5. The first-order valence-electron chi connectivity index (χ1n) is 9.83. The first-order chi connectivity index (χ1) is 15.1. The minimum atomic E-state index is -0.390. The Morgan fingerprint density at radius 2 is 1.81 bits per heavy atom. The van der Waals surface area contributed by atoms with Crippen LogP contribution in [0.1, 0.15) is 22.5 Å². The van der Waals surface area contributed by atoms with Crippen LogP contribution >= 0.6 is 0 Å². The van der Waals surface area contributed by atoms with E-state index in [0.29, 0.717) is 37.4 Å². The number of para-hydroxylation sites is 2. The number of benzene rings is 2. The molecule has 3 rings (SSSR count). The molecule has 0 unspecified atom stereocenters. The van der Waals surface area contributed by atoms with Crippen molar-refractivity contribution >= 4 is 17.5 Å². The summed E-state index contributed by atoms with van der Waals surface area (Å²) in [6.07, 6.45) is 2.57. The van der Waals surface area contributed by atoms with Gasteiger partial charge in [-0.05, 0) is 36.2 Å². The summed E-state index contributed by atoms with van der Waals surface area (Å²) in [6.45, 7) is 0.793. The molecule has 0 atom stereocenters. The number of anilines is 1. The van der Waals surface area contributed by atoms with Gasteiger partial charge in [0, 0.05) is 13.0 Å². The van der Waals surface area contributed by atoms with Crippen molar-refractivity contribution < 1.29 is 19.1 Å². The van der Waals surface area contributed by atoms with Gasteiger partial charge in [0.2, 0.25) is 5.91 Å². The quantitative estimate of drug-likeness (QED) is 0.518. The number of nitrogens with one attached hydrogen (secondary N) is 2. The van der Waals surface area contributed by atoms with Crippen LogP contribution in [-0.4, -0.2) is 47.6 Å². The highest BCUT2D eigenvalue weighted by atomic mass is 16.5. The summed E-state index contributed by atoms with van der Waals surface area (Å²) in [5, 5.41) is 13.4. The zero-order chi connectivity index (χ0) is 22.1. The Labute approximate surface area is 180 Å². The molecule has 2 aromatic carbocycles. The van der Waals surface area contributed by atoms with Gasteiger partial charge in [0.1, 0.15) is 11.5 Å². The maximum absolute atomic E-state index is 12.4. The van der Waals surface area contributed by atoms with E-state index in [2.05, 4.69) is 20.9 Å². The SMILES string of the molecule is COc1ccc(CCC(=O)NCCn2cc(C(=O)Nc3ccccc3OC)nn2)cc1. The minimum absolute atomic E-state index is 0.0509. The average molecular weight is 423 g/mol. The first-order valence-corrected chi connectivity index (χ1v) is 9.83. The van der Waals surface area contributed by atoms with Gasteiger partial charge in [0.25, 0.3) is 5.91 Å². The molecular weight excluding hydrogens is 398 g/mol. The summed E-state index contributed by atoms with van der Waals surface area (Å²) in [7, 11) is 3.15. The van der Waals surface area contributed by atoms with Crippen molar-refractivity contribution in [2.45, 2.75) is 19.4 Å². The smallest absolute Gasteiger partial charge is 0.277 e. The summed E-state index contributed by atoms with van der Waals surface area (Å²) in [5.41, 5.74) is 1.79. The molecular formula is C22H25N5O4. The van der Waals surface area contributed by atoms with Gasteiger partial charge in [-0.3, -0.25) is 9.59 Å². The molecule has 0 aliphatic heterocycles. The van der Waals surface area contributed by atoms with Crippen molar-refractivity contribution in [2.24, 2.45) is 0 Å². The first kappa shape index (κ1) is 21.8. The number of nitrogens with zero attached hydrogens (tertiary/aromatic N) is 3. The normalized spacial score (nSPS) is 10.4. The second-order valence-corrected chi connectivity index (χ2v) is 6.72. The molecule has 1 heterocycles. The Bertz CT molecular complexity index is 1020. The Hall–Kier alpha value is -3.88. The molecule has 2 N–H and O–H groups in total. The van der Waals surface area contributed by atoms with Crippen LogP contribution in [0.4, 0.5) is 5.69 Å². The lowest BCUT2D eigenvalue weighted by molar-refractivity contribution is -0.121. The standard InChI is InChI=1S/C22H25N5O4/c1-30-17-10-7-16(8-11-17)9-12-21(28)23-13-14-27-15-19(25-26-27)22(29)24-18-5-3-4-6-20(18)31-2/h3-8,10-11,15H,9,12-14H2,1-2H3,(H,23,28)(H,24,29).